The first-order chi connectivity index (χ1) is 9.20. The molecular formula is C13H10N2O4. The van der Waals surface area contributed by atoms with Crippen molar-refractivity contribution >= 4 is 12.0 Å². The van der Waals surface area contributed by atoms with Gasteiger partial charge in [-0.2, -0.15) is 0 Å². The second-order valence-corrected chi connectivity index (χ2v) is 3.72. The summed E-state index contributed by atoms with van der Waals surface area (Å²) in [6.07, 6.45) is 2.12. The number of ether oxygens (including phenoxy) is 1. The molecule has 0 saturated heterocycles. The summed E-state index contributed by atoms with van der Waals surface area (Å²) in [5.74, 6) is 0.385. The zero-order valence-corrected chi connectivity index (χ0v) is 9.85. The van der Waals surface area contributed by atoms with Gasteiger partial charge in [0.05, 0.1) is 4.92 Å². The van der Waals surface area contributed by atoms with Crippen LogP contribution in [0.25, 0.3) is 0 Å². The molecule has 0 bridgehead atoms. The van der Waals surface area contributed by atoms with Crippen molar-refractivity contribution < 1.29 is 14.5 Å². The first-order valence-electron chi connectivity index (χ1n) is 5.47. The van der Waals surface area contributed by atoms with E-state index in [1.54, 1.807) is 24.3 Å². The Bertz CT molecular complexity index is 596. The molecule has 0 aliphatic rings. The van der Waals surface area contributed by atoms with Crippen molar-refractivity contribution in [3.8, 4) is 5.75 Å². The number of hydrogen-bond donors (Lipinski definition) is 0. The van der Waals surface area contributed by atoms with E-state index in [4.69, 9.17) is 4.74 Å². The van der Waals surface area contributed by atoms with Crippen LogP contribution in [0, 0.1) is 10.1 Å². The van der Waals surface area contributed by atoms with Crippen LogP contribution in [0.5, 0.6) is 5.75 Å². The summed E-state index contributed by atoms with van der Waals surface area (Å²) in [5, 5.41) is 10.5. The molecule has 0 aliphatic carbocycles. The summed E-state index contributed by atoms with van der Waals surface area (Å²) in [7, 11) is 0. The maximum Gasteiger partial charge on any atom is 0.269 e. The molecule has 6 heteroatoms. The first kappa shape index (κ1) is 12.7. The lowest BCUT2D eigenvalue weighted by Crippen LogP contribution is -1.99. The number of non-ortho nitro benzene ring substituents is 1. The minimum absolute atomic E-state index is 0.0266. The zero-order valence-electron chi connectivity index (χ0n) is 9.85. The van der Waals surface area contributed by atoms with Crippen LogP contribution < -0.4 is 4.74 Å². The number of hydrogen-bond acceptors (Lipinski definition) is 5. The molecule has 0 aliphatic heterocycles. The summed E-state index contributed by atoms with van der Waals surface area (Å²) in [4.78, 5) is 24.6. The summed E-state index contributed by atoms with van der Waals surface area (Å²) < 4.78 is 5.45. The van der Waals surface area contributed by atoms with Gasteiger partial charge in [-0.3, -0.25) is 14.9 Å². The van der Waals surface area contributed by atoms with Gasteiger partial charge in [0, 0.05) is 18.3 Å². The molecule has 2 rings (SSSR count). The van der Waals surface area contributed by atoms with Crippen LogP contribution in [0.3, 0.4) is 0 Å². The highest BCUT2D eigenvalue weighted by atomic mass is 16.6. The summed E-state index contributed by atoms with van der Waals surface area (Å²) in [6.45, 7) is 0.213. The topological polar surface area (TPSA) is 82.3 Å². The van der Waals surface area contributed by atoms with Crippen molar-refractivity contribution in [3.63, 3.8) is 0 Å². The third-order valence-electron chi connectivity index (χ3n) is 2.45. The van der Waals surface area contributed by atoms with Crippen molar-refractivity contribution in [1.82, 2.24) is 4.98 Å². The molecule has 0 saturated carbocycles. The van der Waals surface area contributed by atoms with Crippen LogP contribution in [0.4, 0.5) is 5.69 Å². The van der Waals surface area contributed by atoms with Crippen LogP contribution in [0.1, 0.15) is 16.1 Å². The monoisotopic (exact) mass is 258 g/mol. The van der Waals surface area contributed by atoms with Gasteiger partial charge in [0.25, 0.3) is 5.69 Å². The number of benzene rings is 1. The highest BCUT2D eigenvalue weighted by Crippen LogP contribution is 2.17. The number of pyridine rings is 1. The second kappa shape index (κ2) is 5.72. The van der Waals surface area contributed by atoms with Crippen molar-refractivity contribution in [3.05, 3.63) is 64.0 Å². The Labute approximate surface area is 108 Å². The molecule has 0 radical (unpaired) electrons. The lowest BCUT2D eigenvalue weighted by molar-refractivity contribution is -0.384. The number of nitro groups is 1. The molecular weight excluding hydrogens is 248 g/mol. The number of carbonyl (C=O) groups excluding carboxylic acids is 1. The fraction of sp³-hybridized carbons (Fsp3) is 0.0769. The van der Waals surface area contributed by atoms with Gasteiger partial charge in [-0.15, -0.1) is 0 Å². The Morgan fingerprint density at radius 2 is 2.00 bits per heavy atom. The first-order valence-corrected chi connectivity index (χ1v) is 5.47. The molecule has 1 heterocycles. The maximum atomic E-state index is 10.7. The number of rotatable bonds is 5. The van der Waals surface area contributed by atoms with Crippen molar-refractivity contribution in [2.75, 3.05) is 0 Å². The molecule has 6 nitrogen and oxygen atoms in total. The third kappa shape index (κ3) is 3.12. The molecule has 0 N–H and O–H groups in total. The fourth-order valence-corrected chi connectivity index (χ4v) is 1.49. The van der Waals surface area contributed by atoms with Crippen LogP contribution in [-0.4, -0.2) is 16.2 Å². The largest absolute Gasteiger partial charge is 0.487 e. The van der Waals surface area contributed by atoms with Crippen LogP contribution in [0.2, 0.25) is 0 Å². The Hall–Kier alpha value is -2.76. The Morgan fingerprint density at radius 3 is 2.63 bits per heavy atom. The van der Waals surface area contributed by atoms with Gasteiger partial charge in [-0.05, 0) is 29.8 Å². The highest BCUT2D eigenvalue weighted by Gasteiger charge is 2.06. The highest BCUT2D eigenvalue weighted by molar-refractivity contribution is 5.75. The van der Waals surface area contributed by atoms with E-state index in [-0.39, 0.29) is 18.0 Å². The molecule has 1 aromatic carbocycles. The normalized spacial score (nSPS) is 9.89. The van der Waals surface area contributed by atoms with Crippen LogP contribution in [0.15, 0.2) is 42.6 Å². The minimum Gasteiger partial charge on any atom is -0.487 e. The number of aldehydes is 1. The molecule has 2 aromatic rings. The van der Waals surface area contributed by atoms with Crippen molar-refractivity contribution in [1.29, 1.82) is 0 Å². The average Bonchev–Trinajstić information content (AvgIpc) is 2.45. The van der Waals surface area contributed by atoms with Gasteiger partial charge in [-0.25, -0.2) is 4.98 Å². The molecule has 0 unspecified atom stereocenters. The van der Waals surface area contributed by atoms with Gasteiger partial charge < -0.3 is 4.74 Å². The summed E-state index contributed by atoms with van der Waals surface area (Å²) in [5.41, 5.74) is 1.02. The lowest BCUT2D eigenvalue weighted by atomic mass is 10.2. The van der Waals surface area contributed by atoms with E-state index in [0.717, 1.165) is 5.56 Å². The molecule has 19 heavy (non-hydrogen) atoms. The van der Waals surface area contributed by atoms with E-state index in [0.29, 0.717) is 12.0 Å². The predicted octanol–water partition coefficient (Wildman–Crippen LogP) is 2.38. The van der Waals surface area contributed by atoms with E-state index in [9.17, 15) is 14.9 Å². The lowest BCUT2D eigenvalue weighted by Gasteiger charge is -2.07. The Balaban J connectivity index is 2.06. The summed E-state index contributed by atoms with van der Waals surface area (Å²) in [6, 6.07) is 9.33. The van der Waals surface area contributed by atoms with E-state index < -0.39 is 4.92 Å². The predicted molar refractivity (Wildman–Crippen MR) is 67.1 cm³/mol. The van der Waals surface area contributed by atoms with Crippen molar-refractivity contribution in [2.45, 2.75) is 6.61 Å². The van der Waals surface area contributed by atoms with Gasteiger partial charge >= 0.3 is 0 Å². The zero-order chi connectivity index (χ0) is 13.7. The molecule has 0 amide bonds. The van der Waals surface area contributed by atoms with Crippen molar-refractivity contribution in [2.24, 2.45) is 0 Å². The second-order valence-electron chi connectivity index (χ2n) is 3.72. The van der Waals surface area contributed by atoms with E-state index in [1.165, 1.54) is 18.3 Å². The molecule has 1 aromatic heterocycles. The molecule has 0 fully saturated rings. The van der Waals surface area contributed by atoms with Crippen LogP contribution in [-0.2, 0) is 6.61 Å². The smallest absolute Gasteiger partial charge is 0.269 e. The van der Waals surface area contributed by atoms with E-state index >= 15 is 0 Å². The fourth-order valence-electron chi connectivity index (χ4n) is 1.49. The number of aromatic nitrogens is 1. The molecule has 0 spiro atoms. The Kier molecular flexibility index (Phi) is 3.82. The van der Waals surface area contributed by atoms with Gasteiger partial charge in [0.2, 0.25) is 0 Å². The maximum absolute atomic E-state index is 10.7. The van der Waals surface area contributed by atoms with E-state index in [2.05, 4.69) is 4.98 Å². The van der Waals surface area contributed by atoms with E-state index in [1.807, 2.05) is 0 Å². The van der Waals surface area contributed by atoms with Crippen LogP contribution >= 0.6 is 0 Å². The Morgan fingerprint density at radius 1 is 1.26 bits per heavy atom. The molecule has 0 atom stereocenters. The van der Waals surface area contributed by atoms with Gasteiger partial charge in [0.1, 0.15) is 18.1 Å². The number of carbonyl (C=O) groups is 1. The number of nitro benzene ring substituents is 1. The number of nitrogens with zero attached hydrogens (tertiary/aromatic N) is 2. The average molecular weight is 258 g/mol. The van der Waals surface area contributed by atoms with Gasteiger partial charge in [-0.1, -0.05) is 0 Å². The van der Waals surface area contributed by atoms with Gasteiger partial charge in [0.15, 0.2) is 6.29 Å². The third-order valence-corrected chi connectivity index (χ3v) is 2.45. The standard InChI is InChI=1S/C13H10N2O4/c16-8-12-13(2-1-7-14-12)19-9-10-3-5-11(6-4-10)15(17)18/h1-8H,9H2. The molecule has 96 valence electrons. The quantitative estimate of drug-likeness (QED) is 0.467. The summed E-state index contributed by atoms with van der Waals surface area (Å²) >= 11 is 0. The SMILES string of the molecule is O=Cc1ncccc1OCc1ccc([N+](=O)[O-])cc1. The minimum atomic E-state index is -0.462.